The van der Waals surface area contributed by atoms with E-state index in [1.54, 1.807) is 79.7 Å². The number of piperazine rings is 1. The molecule has 5 saturated heterocycles. The van der Waals surface area contributed by atoms with Gasteiger partial charge in [0.15, 0.2) is 0 Å². The normalized spacial score (nSPS) is 28.4. The Hall–Kier alpha value is -3.68. The minimum atomic E-state index is -1.44. The standard InChI is InChI=1S/C26H39ClN2O7S.C22H32ClNO5S.C16H22N2O4.C9H18ClNO4S.CH2Cl2.CH3F/c1-14(27)18(22-20(31)19(30)21(32)24(35-22)37-5)28-23(33)17-9-7-6-8-16(17)15-10-12-29(13-11-15)25(34)36-26(2,3)4;1-12(23)16(20-18(26)17(25)19(27)22(29-20)30-2)24-21(28)15-11-7-6-10-14(15)13-8-4-3-5-9-13;1-16(2,3)22-15(21)18-10-8-17(9-11-18)13-7-5-4-6-12(13)14(19)20;1-3(10)4(11)8-6(13)5(12)7(14)9(15-8)16-2;2-1-3;1-2/h6-9,14-15,18-22,24,30-32H,10-13H2,1-5H3,(H,28,33);6-7,10-13,16-20,22,25-27H,3-5,8-9H2,1-2H3,(H,24,28);4-7H,8-11H2,1-3H3,(H,19,20);3-9,12-14H,11H2,1-2H3;1H2;1H3/t14-,18?,19-,20+,21+,22+,24+;12-,16?,17-,18+,19+,20+,22+;;3-,4+,5-,6+,7+,8+,9+;;/m00.0../s1/i;;;;;1D. The van der Waals surface area contributed by atoms with Gasteiger partial charge in [-0.15, -0.1) is 93.3 Å². The summed E-state index contributed by atoms with van der Waals surface area (Å²) in [5.74, 6) is -1.15. The van der Waals surface area contributed by atoms with Gasteiger partial charge in [0.2, 0.25) is 0 Å². The molecule has 3 aromatic rings. The summed E-state index contributed by atoms with van der Waals surface area (Å²) in [6.45, 7) is 19.3. The van der Waals surface area contributed by atoms with Crippen LogP contribution in [0.5, 0.6) is 0 Å². The van der Waals surface area contributed by atoms with Gasteiger partial charge in [0, 0.05) is 61.8 Å². The fraction of sp³-hybridized carbons (Fsp3) is 0.693. The number of aromatic carboxylic acids is 1. The number of carbonyl (C=O) groups is 5. The van der Waals surface area contributed by atoms with Gasteiger partial charge in [0.05, 0.1) is 48.0 Å². The van der Waals surface area contributed by atoms with Crippen molar-refractivity contribution in [3.63, 3.8) is 0 Å². The molecule has 0 radical (unpaired) electrons. The molecular weight excluding hydrogens is 1600 g/mol. The number of ether oxygens (including phenoxy) is 5. The molecule has 0 spiro atoms. The first-order valence-corrected chi connectivity index (χ1v) is 42.6. The van der Waals surface area contributed by atoms with Gasteiger partial charge in [-0.3, -0.25) is 14.0 Å². The number of benzene rings is 3. The van der Waals surface area contributed by atoms with Crippen LogP contribution < -0.4 is 21.3 Å². The van der Waals surface area contributed by atoms with Gasteiger partial charge in [-0.05, 0) is 154 Å². The van der Waals surface area contributed by atoms with Crippen LogP contribution in [0.1, 0.15) is 163 Å². The predicted molar refractivity (Wildman–Crippen MR) is 433 cm³/mol. The molecule has 26 nitrogen and oxygen atoms in total. The Morgan fingerprint density at radius 1 is 0.527 bits per heavy atom. The number of thioether (sulfide) groups is 3. The average molecular weight is 1720 g/mol. The van der Waals surface area contributed by atoms with Crippen molar-refractivity contribution in [3.8, 4) is 0 Å². The zero-order chi connectivity index (χ0) is 83.5. The number of nitrogens with two attached hydrogens (primary N) is 1. The van der Waals surface area contributed by atoms with Gasteiger partial charge < -0.3 is 106 Å². The molecule has 5 aliphatic heterocycles. The highest BCUT2D eigenvalue weighted by molar-refractivity contribution is 7.99. The highest BCUT2D eigenvalue weighted by atomic mass is 35.5. The summed E-state index contributed by atoms with van der Waals surface area (Å²) in [6.07, 6.45) is -2.84. The second kappa shape index (κ2) is 47.5. The van der Waals surface area contributed by atoms with Crippen molar-refractivity contribution in [2.75, 3.05) is 75.4 Å². The fourth-order valence-electron chi connectivity index (χ4n) is 13.4. The third-order valence-electron chi connectivity index (χ3n) is 19.2. The Labute approximate surface area is 685 Å². The van der Waals surface area contributed by atoms with Gasteiger partial charge in [-0.1, -0.05) is 67.8 Å². The van der Waals surface area contributed by atoms with E-state index in [0.717, 1.165) is 24.0 Å². The Morgan fingerprint density at radius 2 is 0.855 bits per heavy atom. The molecule has 5 heterocycles. The van der Waals surface area contributed by atoms with E-state index in [9.17, 15) is 79.4 Å². The maximum absolute atomic E-state index is 13.5. The van der Waals surface area contributed by atoms with Crippen LogP contribution >= 0.6 is 93.3 Å². The lowest BCUT2D eigenvalue weighted by Crippen LogP contribution is -2.64. The van der Waals surface area contributed by atoms with Gasteiger partial charge in [0.1, 0.15) is 101 Å². The Kier molecular flexibility index (Phi) is 41.9. The number of aliphatic hydroxyl groups excluding tert-OH is 9. The summed E-state index contributed by atoms with van der Waals surface area (Å²) in [6, 6.07) is 19.7. The molecule has 4 amide bonds. The number of para-hydroxylation sites is 1. The minimum absolute atomic E-state index is 0.0712. The zero-order valence-electron chi connectivity index (χ0n) is 65.3. The lowest BCUT2D eigenvalue weighted by Gasteiger charge is -2.43. The second-order valence-corrected chi connectivity index (χ2v) is 34.9. The average Bonchev–Trinajstić information content (AvgIpc) is 0.797. The maximum Gasteiger partial charge on any atom is 0.410 e. The number of rotatable bonds is 17. The smallest absolute Gasteiger partial charge is 0.410 e. The van der Waals surface area contributed by atoms with E-state index in [1.807, 2.05) is 88.9 Å². The highest BCUT2D eigenvalue weighted by Gasteiger charge is 2.51. The summed E-state index contributed by atoms with van der Waals surface area (Å²) in [5, 5.41) is 105. The number of alkyl halides is 6. The van der Waals surface area contributed by atoms with Crippen LogP contribution in [-0.2, 0) is 23.7 Å². The predicted octanol–water partition coefficient (Wildman–Crippen LogP) is 8.89. The largest absolute Gasteiger partial charge is 0.478 e. The molecule has 6 fully saturated rings. The third-order valence-corrected chi connectivity index (χ3v) is 22.6. The van der Waals surface area contributed by atoms with Crippen molar-refractivity contribution in [3.05, 3.63) is 101 Å². The summed E-state index contributed by atoms with van der Waals surface area (Å²) >= 11 is 31.8. The first kappa shape index (κ1) is 96.9. The van der Waals surface area contributed by atoms with Crippen LogP contribution in [0, 0.1) is 0 Å². The molecule has 21 atom stereocenters. The zero-order valence-corrected chi connectivity index (χ0v) is 70.5. The van der Waals surface area contributed by atoms with Gasteiger partial charge >= 0.3 is 18.2 Å². The van der Waals surface area contributed by atoms with Gasteiger partial charge in [-0.2, -0.15) is 0 Å². The second-order valence-electron chi connectivity index (χ2n) is 29.3. The molecule has 1 aliphatic carbocycles. The van der Waals surface area contributed by atoms with Crippen LogP contribution in [0.25, 0.3) is 0 Å². The highest BCUT2D eigenvalue weighted by Crippen LogP contribution is 2.38. The number of hydrogen-bond acceptors (Lipinski definition) is 24. The number of likely N-dealkylation sites (tertiary alicyclic amines) is 1. The van der Waals surface area contributed by atoms with Crippen LogP contribution in [0.4, 0.5) is 19.7 Å². The Bertz CT molecular complexity index is 3290. The minimum Gasteiger partial charge on any atom is -0.478 e. The number of carboxylic acid groups (broad SMARTS) is 1. The summed E-state index contributed by atoms with van der Waals surface area (Å²) in [5.41, 5.74) is 6.58. The molecule has 0 aromatic heterocycles. The van der Waals surface area contributed by atoms with E-state index in [-0.39, 0.29) is 40.8 Å². The van der Waals surface area contributed by atoms with Crippen molar-refractivity contribution in [2.24, 2.45) is 5.73 Å². The Morgan fingerprint density at radius 3 is 1.20 bits per heavy atom. The topological polar surface area (TPSA) is 394 Å². The van der Waals surface area contributed by atoms with Crippen molar-refractivity contribution in [1.82, 2.24) is 20.4 Å². The molecule has 35 heteroatoms. The number of hydrogen-bond donors (Lipinski definition) is 13. The molecule has 626 valence electrons. The van der Waals surface area contributed by atoms with E-state index in [2.05, 4.69) is 10.6 Å². The van der Waals surface area contributed by atoms with Gasteiger partial charge in [0.25, 0.3) is 11.8 Å². The SMILES string of the molecule is CC(C)(C)OC(=O)N1CCN(c2ccccc2C(=O)O)CC1.CS[C@H]1O[C@H](C(NC(=O)c2ccccc2C2CCCCC2)[C@H](C)Cl)[C@H](O)[C@H](O)[C@H]1O.CS[C@H]1O[C@H](C(NC(=O)c2ccccc2C2CCN(C(=O)OC(C)(C)C)CC2)[C@H](C)Cl)[C@H](O)[C@H](O)[C@H]1O.CS[C@H]1O[C@H]([C@H](N)[C@H](C)Cl)[C@H](O)[C@H](O)[C@H]1O.ClCCl.[2H]CF. The number of nitrogens with one attached hydrogen (secondary N) is 2. The van der Waals surface area contributed by atoms with Crippen molar-refractivity contribution in [1.29, 1.82) is 0 Å². The summed E-state index contributed by atoms with van der Waals surface area (Å²) < 4.78 is 43.5. The molecular formula is C75H116Cl5FN6O20S3. The van der Waals surface area contributed by atoms with Crippen LogP contribution in [-0.4, -0.2) is 296 Å². The van der Waals surface area contributed by atoms with E-state index in [0.29, 0.717) is 74.8 Å². The van der Waals surface area contributed by atoms with Crippen molar-refractivity contribution < 1.29 is 104 Å². The number of anilines is 1. The Balaban J connectivity index is 0.000000316. The molecule has 110 heavy (non-hydrogen) atoms. The molecule has 0 bridgehead atoms. The van der Waals surface area contributed by atoms with E-state index in [1.165, 1.54) is 54.5 Å². The maximum atomic E-state index is 13.5. The van der Waals surface area contributed by atoms with Crippen LogP contribution in [0.2, 0.25) is 0 Å². The van der Waals surface area contributed by atoms with Crippen molar-refractivity contribution in [2.45, 2.75) is 254 Å². The lowest BCUT2D eigenvalue weighted by molar-refractivity contribution is -0.204. The van der Waals surface area contributed by atoms with Crippen LogP contribution in [0.3, 0.4) is 0 Å². The molecule has 9 rings (SSSR count). The summed E-state index contributed by atoms with van der Waals surface area (Å²) in [4.78, 5) is 67.8. The molecule has 2 unspecified atom stereocenters. The molecule has 1 saturated carbocycles. The van der Waals surface area contributed by atoms with E-state index in [4.69, 9.17) is 88.8 Å². The number of piperidine rings is 1. The van der Waals surface area contributed by atoms with Crippen molar-refractivity contribution >= 4 is 129 Å². The number of carbonyl (C=O) groups excluding carboxylic acids is 4. The first-order chi connectivity index (χ1) is 52.2. The van der Waals surface area contributed by atoms with Crippen LogP contribution in [0.15, 0.2) is 72.8 Å². The fourth-order valence-corrected chi connectivity index (χ4v) is 16.0. The van der Waals surface area contributed by atoms with Gasteiger partial charge in [-0.25, -0.2) is 14.4 Å². The number of halogens is 6. The lowest BCUT2D eigenvalue weighted by atomic mass is 9.82. The summed E-state index contributed by atoms with van der Waals surface area (Å²) in [7, 11) is -1.00. The molecule has 6 aliphatic rings. The molecule has 3 aromatic carbocycles. The van der Waals surface area contributed by atoms with E-state index < -0.39 is 148 Å². The number of carboxylic acids is 1. The first-order valence-electron chi connectivity index (χ1n) is 37.0. The molecule has 14 N–H and O–H groups in total. The van der Waals surface area contributed by atoms with E-state index >= 15 is 0 Å². The number of aliphatic hydroxyl groups is 9. The monoisotopic (exact) mass is 1710 g/mol. The number of amides is 4. The quantitative estimate of drug-likeness (QED) is 0.0561. The number of nitrogens with zero attached hydrogens (tertiary/aromatic N) is 3. The third kappa shape index (κ3) is 28.6.